The lowest BCUT2D eigenvalue weighted by atomic mass is 10.1. The van der Waals surface area contributed by atoms with Gasteiger partial charge in [0.15, 0.2) is 0 Å². The lowest BCUT2D eigenvalue weighted by Crippen LogP contribution is -2.45. The molecular formula is C15H24N2O2. The van der Waals surface area contributed by atoms with Crippen LogP contribution >= 0.6 is 0 Å². The molecule has 19 heavy (non-hydrogen) atoms. The first-order valence-corrected chi connectivity index (χ1v) is 6.92. The van der Waals surface area contributed by atoms with E-state index in [-0.39, 0.29) is 18.2 Å². The number of rotatable bonds is 3. The fraction of sp³-hybridized carbons (Fsp3) is 0.600. The minimum Gasteiger partial charge on any atom is -0.508 e. The van der Waals surface area contributed by atoms with Crippen LogP contribution in [0.4, 0.5) is 5.69 Å². The van der Waals surface area contributed by atoms with Crippen molar-refractivity contribution < 1.29 is 9.84 Å². The number of ether oxygens (including phenoxy) is 1. The molecule has 2 N–H and O–H groups in total. The maximum absolute atomic E-state index is 10.2. The number of nitrogens with one attached hydrogen (secondary N) is 1. The molecular weight excluding hydrogens is 240 g/mol. The first kappa shape index (κ1) is 14.2. The van der Waals surface area contributed by atoms with E-state index in [0.29, 0.717) is 5.75 Å². The van der Waals surface area contributed by atoms with E-state index in [1.807, 2.05) is 26.1 Å². The Hall–Kier alpha value is -1.26. The summed E-state index contributed by atoms with van der Waals surface area (Å²) >= 11 is 0. The van der Waals surface area contributed by atoms with Gasteiger partial charge in [0.05, 0.1) is 12.2 Å². The van der Waals surface area contributed by atoms with Crippen molar-refractivity contribution in [2.24, 2.45) is 0 Å². The Morgan fingerprint density at radius 1 is 1.32 bits per heavy atom. The second kappa shape index (κ2) is 5.80. The maximum atomic E-state index is 10.2. The fourth-order valence-corrected chi connectivity index (χ4v) is 2.64. The Morgan fingerprint density at radius 3 is 2.47 bits per heavy atom. The summed E-state index contributed by atoms with van der Waals surface area (Å²) in [6.45, 7) is 7.93. The van der Waals surface area contributed by atoms with Crippen LogP contribution in [0.2, 0.25) is 0 Å². The largest absolute Gasteiger partial charge is 0.508 e. The molecule has 0 radical (unpaired) electrons. The smallest absolute Gasteiger partial charge is 0.122 e. The number of phenols is 1. The van der Waals surface area contributed by atoms with E-state index in [4.69, 9.17) is 4.74 Å². The fourth-order valence-electron chi connectivity index (χ4n) is 2.64. The van der Waals surface area contributed by atoms with Gasteiger partial charge in [-0.15, -0.1) is 0 Å². The number of hydrogen-bond donors (Lipinski definition) is 2. The van der Waals surface area contributed by atoms with E-state index in [2.05, 4.69) is 30.1 Å². The summed E-state index contributed by atoms with van der Waals surface area (Å²) < 4.78 is 5.73. The van der Waals surface area contributed by atoms with Crippen molar-refractivity contribution in [1.29, 1.82) is 0 Å². The zero-order valence-corrected chi connectivity index (χ0v) is 12.2. The summed E-state index contributed by atoms with van der Waals surface area (Å²) in [6.07, 6.45) is 0.448. The quantitative estimate of drug-likeness (QED) is 0.879. The molecule has 1 unspecified atom stereocenters. The number of anilines is 1. The van der Waals surface area contributed by atoms with Crippen molar-refractivity contribution in [3.63, 3.8) is 0 Å². The molecule has 3 atom stereocenters. The lowest BCUT2D eigenvalue weighted by Gasteiger charge is -2.37. The molecule has 1 aliphatic rings. The van der Waals surface area contributed by atoms with Gasteiger partial charge in [-0.3, -0.25) is 0 Å². The predicted octanol–water partition coefficient (Wildman–Crippen LogP) is 2.29. The summed E-state index contributed by atoms with van der Waals surface area (Å²) in [4.78, 5) is 2.27. The second-order valence-corrected chi connectivity index (χ2v) is 5.42. The van der Waals surface area contributed by atoms with Crippen LogP contribution in [0.3, 0.4) is 0 Å². The molecule has 1 fully saturated rings. The highest BCUT2D eigenvalue weighted by Gasteiger charge is 2.23. The normalized spacial score (nSPS) is 25.4. The molecule has 1 aliphatic heterocycles. The van der Waals surface area contributed by atoms with Gasteiger partial charge in [-0.2, -0.15) is 0 Å². The van der Waals surface area contributed by atoms with E-state index in [9.17, 15) is 5.11 Å². The van der Waals surface area contributed by atoms with E-state index < -0.39 is 0 Å². The highest BCUT2D eigenvalue weighted by atomic mass is 16.5. The minimum absolute atomic E-state index is 0.150. The zero-order chi connectivity index (χ0) is 14.0. The lowest BCUT2D eigenvalue weighted by molar-refractivity contribution is -0.00523. The van der Waals surface area contributed by atoms with Gasteiger partial charge in [0.25, 0.3) is 0 Å². The molecule has 4 nitrogen and oxygen atoms in total. The minimum atomic E-state index is 0.150. The molecule has 0 aliphatic carbocycles. The van der Waals surface area contributed by atoms with E-state index in [1.165, 1.54) is 0 Å². The monoisotopic (exact) mass is 264 g/mol. The molecule has 0 spiro atoms. The molecule has 1 saturated heterocycles. The standard InChI is InChI=1S/C15H24N2O2/c1-10-8-17(9-11(2)19-10)13-5-6-14(12(3)16-4)15(18)7-13/h5-7,10-12,16,18H,8-9H2,1-4H3/t10-,11+,12?. The first-order chi connectivity index (χ1) is 9.01. The van der Waals surface area contributed by atoms with E-state index in [1.54, 1.807) is 0 Å². The van der Waals surface area contributed by atoms with Crippen LogP contribution < -0.4 is 10.2 Å². The third-order valence-corrected chi connectivity index (χ3v) is 3.70. The Morgan fingerprint density at radius 2 is 1.95 bits per heavy atom. The molecule has 1 aromatic carbocycles. The Balaban J connectivity index is 2.19. The summed E-state index contributed by atoms with van der Waals surface area (Å²) in [5.41, 5.74) is 1.99. The van der Waals surface area contributed by atoms with Crippen molar-refractivity contribution in [3.05, 3.63) is 23.8 Å². The molecule has 0 aromatic heterocycles. The molecule has 0 saturated carbocycles. The van der Waals surface area contributed by atoms with Crippen LogP contribution in [0.1, 0.15) is 32.4 Å². The average molecular weight is 264 g/mol. The SMILES string of the molecule is CNC(C)c1ccc(N2C[C@@H](C)O[C@@H](C)C2)cc1O. The van der Waals surface area contributed by atoms with Crippen LogP contribution in [-0.2, 0) is 4.74 Å². The third kappa shape index (κ3) is 3.19. The van der Waals surface area contributed by atoms with Gasteiger partial charge >= 0.3 is 0 Å². The van der Waals surface area contributed by atoms with Gasteiger partial charge in [-0.05, 0) is 33.9 Å². The summed E-state index contributed by atoms with van der Waals surface area (Å²) in [5.74, 6) is 0.353. The second-order valence-electron chi connectivity index (χ2n) is 5.42. The van der Waals surface area contributed by atoms with Crippen LogP contribution in [0, 0.1) is 0 Å². The number of morpholine rings is 1. The highest BCUT2D eigenvalue weighted by molar-refractivity contribution is 5.54. The van der Waals surface area contributed by atoms with Crippen molar-refractivity contribution in [2.45, 2.75) is 39.0 Å². The van der Waals surface area contributed by atoms with Crippen LogP contribution in [0.25, 0.3) is 0 Å². The highest BCUT2D eigenvalue weighted by Crippen LogP contribution is 2.30. The molecule has 0 amide bonds. The molecule has 4 heteroatoms. The molecule has 1 heterocycles. The van der Waals surface area contributed by atoms with Crippen LogP contribution in [0.5, 0.6) is 5.75 Å². The van der Waals surface area contributed by atoms with Crippen molar-refractivity contribution in [3.8, 4) is 5.75 Å². The Labute approximate surface area is 115 Å². The van der Waals surface area contributed by atoms with Gasteiger partial charge in [0.2, 0.25) is 0 Å². The van der Waals surface area contributed by atoms with Crippen molar-refractivity contribution >= 4 is 5.69 Å². The number of benzene rings is 1. The number of aromatic hydroxyl groups is 1. The van der Waals surface area contributed by atoms with Gasteiger partial charge in [0.1, 0.15) is 5.75 Å². The third-order valence-electron chi connectivity index (χ3n) is 3.70. The number of phenolic OH excluding ortho intramolecular Hbond substituents is 1. The van der Waals surface area contributed by atoms with E-state index >= 15 is 0 Å². The average Bonchev–Trinajstić information content (AvgIpc) is 2.36. The van der Waals surface area contributed by atoms with Crippen molar-refractivity contribution in [1.82, 2.24) is 5.32 Å². The zero-order valence-electron chi connectivity index (χ0n) is 12.2. The molecule has 2 rings (SSSR count). The Bertz CT molecular complexity index is 426. The van der Waals surface area contributed by atoms with Gasteiger partial charge in [-0.25, -0.2) is 0 Å². The van der Waals surface area contributed by atoms with Crippen LogP contribution in [0.15, 0.2) is 18.2 Å². The molecule has 106 valence electrons. The summed E-state index contributed by atoms with van der Waals surface area (Å²) in [5, 5.41) is 13.3. The Kier molecular flexibility index (Phi) is 4.32. The molecule has 1 aromatic rings. The summed E-state index contributed by atoms with van der Waals surface area (Å²) in [6, 6.07) is 6.08. The van der Waals surface area contributed by atoms with Gasteiger partial charge < -0.3 is 20.1 Å². The molecule has 0 bridgehead atoms. The summed E-state index contributed by atoms with van der Waals surface area (Å²) in [7, 11) is 1.89. The topological polar surface area (TPSA) is 44.7 Å². The van der Waals surface area contributed by atoms with E-state index in [0.717, 1.165) is 24.3 Å². The van der Waals surface area contributed by atoms with Gasteiger partial charge in [0, 0.05) is 36.4 Å². The van der Waals surface area contributed by atoms with Gasteiger partial charge in [-0.1, -0.05) is 6.07 Å². The van der Waals surface area contributed by atoms with Crippen LogP contribution in [-0.4, -0.2) is 37.5 Å². The van der Waals surface area contributed by atoms with Crippen molar-refractivity contribution in [2.75, 3.05) is 25.0 Å². The number of nitrogens with zero attached hydrogens (tertiary/aromatic N) is 1. The predicted molar refractivity (Wildman–Crippen MR) is 77.8 cm³/mol. The maximum Gasteiger partial charge on any atom is 0.122 e. The first-order valence-electron chi connectivity index (χ1n) is 6.92. The number of hydrogen-bond acceptors (Lipinski definition) is 4.